The van der Waals surface area contributed by atoms with E-state index in [4.69, 9.17) is 10.8 Å². The molecule has 0 aliphatic rings. The Morgan fingerprint density at radius 2 is 1.65 bits per heavy atom. The summed E-state index contributed by atoms with van der Waals surface area (Å²) in [5, 5.41) is 8.96. The van der Waals surface area contributed by atoms with Crippen LogP contribution < -0.4 is 15.2 Å². The SMILES string of the molecule is CC(Cc1ccc(OC(F)(F)F)c(OC(F)(F)F)c1)CC(CN)C(=O)O. The highest BCUT2D eigenvalue weighted by atomic mass is 19.4. The maximum absolute atomic E-state index is 12.4. The Morgan fingerprint density at radius 3 is 2.12 bits per heavy atom. The molecule has 0 aliphatic carbocycles. The summed E-state index contributed by atoms with van der Waals surface area (Å²) in [6.45, 7) is 1.54. The number of ether oxygens (including phenoxy) is 2. The van der Waals surface area contributed by atoms with Gasteiger partial charge in [0.05, 0.1) is 5.92 Å². The molecule has 0 saturated carbocycles. The number of aliphatic carboxylic acids is 1. The molecule has 148 valence electrons. The number of nitrogens with two attached hydrogens (primary N) is 1. The summed E-state index contributed by atoms with van der Waals surface area (Å²) in [5.74, 6) is -4.49. The van der Waals surface area contributed by atoms with Crippen LogP contribution in [0.15, 0.2) is 18.2 Å². The molecule has 0 radical (unpaired) electrons. The molecule has 0 heterocycles. The molecular weight excluding hydrogens is 372 g/mol. The minimum Gasteiger partial charge on any atom is -0.481 e. The molecule has 11 heteroatoms. The molecule has 26 heavy (non-hydrogen) atoms. The Labute approximate surface area is 144 Å². The van der Waals surface area contributed by atoms with Crippen LogP contribution in [0.2, 0.25) is 0 Å². The van der Waals surface area contributed by atoms with E-state index in [1.165, 1.54) is 0 Å². The zero-order chi connectivity index (χ0) is 20.1. The fourth-order valence-electron chi connectivity index (χ4n) is 2.36. The van der Waals surface area contributed by atoms with Gasteiger partial charge in [-0.25, -0.2) is 0 Å². The highest BCUT2D eigenvalue weighted by Crippen LogP contribution is 2.37. The van der Waals surface area contributed by atoms with E-state index in [0.29, 0.717) is 6.07 Å². The maximum Gasteiger partial charge on any atom is 0.573 e. The molecule has 0 bridgehead atoms. The molecule has 0 spiro atoms. The summed E-state index contributed by atoms with van der Waals surface area (Å²) in [6, 6.07) is 2.65. The van der Waals surface area contributed by atoms with Crippen molar-refractivity contribution in [3.05, 3.63) is 23.8 Å². The Hall–Kier alpha value is -2.17. The molecular formula is C15H17F6NO4. The number of halogens is 6. The van der Waals surface area contributed by atoms with Gasteiger partial charge in [0, 0.05) is 6.54 Å². The lowest BCUT2D eigenvalue weighted by molar-refractivity contribution is -0.287. The third-order valence-electron chi connectivity index (χ3n) is 3.36. The normalized spacial score (nSPS) is 14.6. The highest BCUT2D eigenvalue weighted by molar-refractivity contribution is 5.70. The molecule has 2 unspecified atom stereocenters. The number of hydrogen-bond acceptors (Lipinski definition) is 4. The Balaban J connectivity index is 2.99. The van der Waals surface area contributed by atoms with E-state index >= 15 is 0 Å². The summed E-state index contributed by atoms with van der Waals surface area (Å²) in [7, 11) is 0. The first-order valence-electron chi connectivity index (χ1n) is 7.38. The molecule has 0 saturated heterocycles. The zero-order valence-corrected chi connectivity index (χ0v) is 13.5. The second-order valence-electron chi connectivity index (χ2n) is 5.69. The lowest BCUT2D eigenvalue weighted by Crippen LogP contribution is -2.25. The standard InChI is InChI=1S/C15H17F6NO4/c1-8(5-10(7-22)13(23)24)4-9-2-3-11(25-14(16,17)18)12(6-9)26-15(19,20)21/h2-3,6,8,10H,4-5,7,22H2,1H3,(H,23,24). The van der Waals surface area contributed by atoms with Crippen LogP contribution in [0, 0.1) is 11.8 Å². The van der Waals surface area contributed by atoms with Crippen LogP contribution in [0.25, 0.3) is 0 Å². The van der Waals surface area contributed by atoms with Gasteiger partial charge in [-0.15, -0.1) is 26.3 Å². The van der Waals surface area contributed by atoms with Gasteiger partial charge in [-0.1, -0.05) is 13.0 Å². The quantitative estimate of drug-likeness (QED) is 0.663. The smallest absolute Gasteiger partial charge is 0.481 e. The third kappa shape index (κ3) is 7.81. The topological polar surface area (TPSA) is 81.8 Å². The van der Waals surface area contributed by atoms with Gasteiger partial charge in [0.2, 0.25) is 0 Å². The molecule has 1 aromatic carbocycles. The molecule has 2 atom stereocenters. The fraction of sp³-hybridized carbons (Fsp3) is 0.533. The summed E-state index contributed by atoms with van der Waals surface area (Å²) >= 11 is 0. The second-order valence-corrected chi connectivity index (χ2v) is 5.69. The first-order chi connectivity index (χ1) is 11.8. The van der Waals surface area contributed by atoms with Gasteiger partial charge in [0.25, 0.3) is 0 Å². The van der Waals surface area contributed by atoms with Gasteiger partial charge in [-0.2, -0.15) is 0 Å². The largest absolute Gasteiger partial charge is 0.573 e. The third-order valence-corrected chi connectivity index (χ3v) is 3.36. The molecule has 0 fully saturated rings. The van der Waals surface area contributed by atoms with Gasteiger partial charge in [0.1, 0.15) is 0 Å². The molecule has 0 aromatic heterocycles. The first-order valence-corrected chi connectivity index (χ1v) is 7.38. The monoisotopic (exact) mass is 389 g/mol. The van der Waals surface area contributed by atoms with E-state index in [1.54, 1.807) is 6.92 Å². The van der Waals surface area contributed by atoms with Crippen LogP contribution in [0.4, 0.5) is 26.3 Å². The van der Waals surface area contributed by atoms with Crippen molar-refractivity contribution in [1.82, 2.24) is 0 Å². The average molecular weight is 389 g/mol. The molecule has 1 aromatic rings. The highest BCUT2D eigenvalue weighted by Gasteiger charge is 2.36. The lowest BCUT2D eigenvalue weighted by Gasteiger charge is -2.19. The number of carboxylic acid groups (broad SMARTS) is 1. The summed E-state index contributed by atoms with van der Waals surface area (Å²) in [4.78, 5) is 11.0. The van der Waals surface area contributed by atoms with Crippen LogP contribution in [-0.2, 0) is 11.2 Å². The van der Waals surface area contributed by atoms with Gasteiger partial charge in [-0.3, -0.25) is 4.79 Å². The van der Waals surface area contributed by atoms with Crippen LogP contribution in [0.5, 0.6) is 11.5 Å². The zero-order valence-electron chi connectivity index (χ0n) is 13.5. The molecule has 5 nitrogen and oxygen atoms in total. The van der Waals surface area contributed by atoms with Crippen LogP contribution in [0.1, 0.15) is 18.9 Å². The predicted octanol–water partition coefficient (Wildman–Crippen LogP) is 3.71. The Kier molecular flexibility index (Phi) is 7.13. The number of carbonyl (C=O) groups is 1. The predicted molar refractivity (Wildman–Crippen MR) is 77.5 cm³/mol. The number of alkyl halides is 6. The second kappa shape index (κ2) is 8.47. The van der Waals surface area contributed by atoms with Gasteiger partial charge in [0.15, 0.2) is 11.5 Å². The van der Waals surface area contributed by atoms with E-state index in [9.17, 15) is 31.1 Å². The first kappa shape index (κ1) is 21.9. The Morgan fingerprint density at radius 1 is 1.12 bits per heavy atom. The van der Waals surface area contributed by atoms with Crippen molar-refractivity contribution in [1.29, 1.82) is 0 Å². The molecule has 0 amide bonds. The van der Waals surface area contributed by atoms with Crippen LogP contribution >= 0.6 is 0 Å². The maximum atomic E-state index is 12.4. The average Bonchev–Trinajstić information content (AvgIpc) is 2.44. The summed E-state index contributed by atoms with van der Waals surface area (Å²) in [5.41, 5.74) is 5.57. The molecule has 3 N–H and O–H groups in total. The summed E-state index contributed by atoms with van der Waals surface area (Å²) in [6.07, 6.45) is -10.1. The molecule has 0 aliphatic heterocycles. The minimum absolute atomic E-state index is 0.111. The Bertz CT molecular complexity index is 617. The van der Waals surface area contributed by atoms with Crippen molar-refractivity contribution in [2.24, 2.45) is 17.6 Å². The minimum atomic E-state index is -5.21. The van der Waals surface area contributed by atoms with Crippen molar-refractivity contribution in [3.63, 3.8) is 0 Å². The van der Waals surface area contributed by atoms with Gasteiger partial charge >= 0.3 is 18.7 Å². The summed E-state index contributed by atoms with van der Waals surface area (Å²) < 4.78 is 81.3. The molecule has 1 rings (SSSR count). The van der Waals surface area contributed by atoms with Crippen molar-refractivity contribution in [2.45, 2.75) is 32.5 Å². The van der Waals surface area contributed by atoms with Crippen LogP contribution in [0.3, 0.4) is 0 Å². The number of carboxylic acids is 1. The van der Waals surface area contributed by atoms with Crippen molar-refractivity contribution < 1.29 is 45.7 Å². The number of benzene rings is 1. The van der Waals surface area contributed by atoms with E-state index in [0.717, 1.165) is 12.1 Å². The van der Waals surface area contributed by atoms with E-state index in [2.05, 4.69) is 9.47 Å². The van der Waals surface area contributed by atoms with Crippen LogP contribution in [-0.4, -0.2) is 30.3 Å². The fourth-order valence-corrected chi connectivity index (χ4v) is 2.36. The number of hydrogen-bond donors (Lipinski definition) is 2. The van der Waals surface area contributed by atoms with Gasteiger partial charge in [-0.05, 0) is 36.5 Å². The van der Waals surface area contributed by atoms with E-state index < -0.39 is 36.1 Å². The van der Waals surface area contributed by atoms with Gasteiger partial charge < -0.3 is 20.3 Å². The van der Waals surface area contributed by atoms with Crippen molar-refractivity contribution in [3.8, 4) is 11.5 Å². The lowest BCUT2D eigenvalue weighted by atomic mass is 9.90. The van der Waals surface area contributed by atoms with Crippen molar-refractivity contribution >= 4 is 5.97 Å². The van der Waals surface area contributed by atoms with E-state index in [-0.39, 0.29) is 30.9 Å². The van der Waals surface area contributed by atoms with Crippen molar-refractivity contribution in [2.75, 3.05) is 6.54 Å². The number of rotatable bonds is 8. The van der Waals surface area contributed by atoms with E-state index in [1.807, 2.05) is 0 Å².